The van der Waals surface area contributed by atoms with E-state index in [-0.39, 0.29) is 0 Å². The standard InChI is InChI=1S/C17H28N2/c1-13-7-8-17(10-14(13)2)15(3)19-9-5-6-16(12-19)11-18-4/h7-8,10,15-16,18H,5-6,9,11-12H2,1-4H3. The van der Waals surface area contributed by atoms with E-state index in [1.54, 1.807) is 0 Å². The molecule has 1 N–H and O–H groups in total. The molecule has 1 saturated heterocycles. The molecule has 106 valence electrons. The van der Waals surface area contributed by atoms with Crippen molar-refractivity contribution in [2.24, 2.45) is 5.92 Å². The monoisotopic (exact) mass is 260 g/mol. The lowest BCUT2D eigenvalue weighted by Gasteiger charge is -2.37. The second kappa shape index (κ2) is 6.53. The normalized spacial score (nSPS) is 22.4. The second-order valence-corrected chi connectivity index (χ2v) is 6.08. The predicted molar refractivity (Wildman–Crippen MR) is 82.6 cm³/mol. The molecule has 0 spiro atoms. The van der Waals surface area contributed by atoms with E-state index in [2.05, 4.69) is 56.2 Å². The second-order valence-electron chi connectivity index (χ2n) is 6.08. The molecule has 1 aliphatic rings. The Morgan fingerprint density at radius 2 is 2.11 bits per heavy atom. The van der Waals surface area contributed by atoms with Crippen LogP contribution < -0.4 is 5.32 Å². The van der Waals surface area contributed by atoms with Gasteiger partial charge in [-0.05, 0) is 76.4 Å². The number of benzene rings is 1. The van der Waals surface area contributed by atoms with Crippen LogP contribution in [0.25, 0.3) is 0 Å². The number of piperidine rings is 1. The molecule has 2 heteroatoms. The molecular weight excluding hydrogens is 232 g/mol. The maximum absolute atomic E-state index is 3.33. The summed E-state index contributed by atoms with van der Waals surface area (Å²) in [7, 11) is 2.06. The van der Waals surface area contributed by atoms with Gasteiger partial charge in [0.05, 0.1) is 0 Å². The lowest BCUT2D eigenvalue weighted by Crippen LogP contribution is -2.40. The van der Waals surface area contributed by atoms with Crippen molar-refractivity contribution in [1.29, 1.82) is 0 Å². The molecular formula is C17H28N2. The van der Waals surface area contributed by atoms with Crippen LogP contribution in [0.4, 0.5) is 0 Å². The van der Waals surface area contributed by atoms with Crippen molar-refractivity contribution in [2.75, 3.05) is 26.7 Å². The number of aryl methyl sites for hydroxylation is 2. The van der Waals surface area contributed by atoms with E-state index >= 15 is 0 Å². The summed E-state index contributed by atoms with van der Waals surface area (Å²) in [5.74, 6) is 0.813. The van der Waals surface area contributed by atoms with E-state index in [4.69, 9.17) is 0 Å². The average Bonchev–Trinajstić information content (AvgIpc) is 2.42. The van der Waals surface area contributed by atoms with Crippen molar-refractivity contribution in [1.82, 2.24) is 10.2 Å². The SMILES string of the molecule is CNCC1CCCN(C(C)c2ccc(C)c(C)c2)C1. The zero-order valence-corrected chi connectivity index (χ0v) is 12.9. The van der Waals surface area contributed by atoms with E-state index < -0.39 is 0 Å². The average molecular weight is 260 g/mol. The molecule has 0 aromatic heterocycles. The van der Waals surface area contributed by atoms with Crippen molar-refractivity contribution in [3.8, 4) is 0 Å². The summed E-state index contributed by atoms with van der Waals surface area (Å²) in [6.45, 7) is 10.4. The topological polar surface area (TPSA) is 15.3 Å². The van der Waals surface area contributed by atoms with Gasteiger partial charge in [0.25, 0.3) is 0 Å². The Kier molecular flexibility index (Phi) is 5.00. The highest BCUT2D eigenvalue weighted by Gasteiger charge is 2.23. The van der Waals surface area contributed by atoms with Crippen molar-refractivity contribution < 1.29 is 0 Å². The molecule has 0 aliphatic carbocycles. The molecule has 1 aromatic carbocycles. The van der Waals surface area contributed by atoms with E-state index in [0.29, 0.717) is 6.04 Å². The van der Waals surface area contributed by atoms with Crippen molar-refractivity contribution in [3.63, 3.8) is 0 Å². The van der Waals surface area contributed by atoms with Crippen LogP contribution >= 0.6 is 0 Å². The first-order chi connectivity index (χ1) is 9.11. The van der Waals surface area contributed by atoms with Crippen LogP contribution in [0.15, 0.2) is 18.2 Å². The fraction of sp³-hybridized carbons (Fsp3) is 0.647. The minimum absolute atomic E-state index is 0.541. The van der Waals surface area contributed by atoms with Gasteiger partial charge in [-0.1, -0.05) is 18.2 Å². The highest BCUT2D eigenvalue weighted by Crippen LogP contribution is 2.27. The van der Waals surface area contributed by atoms with Crippen LogP contribution in [0.3, 0.4) is 0 Å². The van der Waals surface area contributed by atoms with Crippen LogP contribution in [0.2, 0.25) is 0 Å². The summed E-state index contributed by atoms with van der Waals surface area (Å²) in [5, 5.41) is 3.33. The van der Waals surface area contributed by atoms with Crippen LogP contribution in [0.1, 0.15) is 42.5 Å². The molecule has 0 saturated carbocycles. The molecule has 0 bridgehead atoms. The first-order valence-electron chi connectivity index (χ1n) is 7.57. The number of nitrogens with one attached hydrogen (secondary N) is 1. The van der Waals surface area contributed by atoms with Crippen molar-refractivity contribution >= 4 is 0 Å². The third-order valence-electron chi connectivity index (χ3n) is 4.60. The Balaban J connectivity index is 2.05. The minimum Gasteiger partial charge on any atom is -0.319 e. The van der Waals surface area contributed by atoms with Crippen LogP contribution in [-0.2, 0) is 0 Å². The van der Waals surface area contributed by atoms with E-state index in [9.17, 15) is 0 Å². The highest BCUT2D eigenvalue weighted by atomic mass is 15.2. The maximum atomic E-state index is 3.33. The number of likely N-dealkylation sites (tertiary alicyclic amines) is 1. The predicted octanol–water partition coefficient (Wildman–Crippen LogP) is 3.30. The molecule has 2 rings (SSSR count). The molecule has 19 heavy (non-hydrogen) atoms. The Morgan fingerprint density at radius 1 is 1.32 bits per heavy atom. The van der Waals surface area contributed by atoms with Crippen molar-refractivity contribution in [2.45, 2.75) is 39.7 Å². The first kappa shape index (κ1) is 14.5. The summed E-state index contributed by atoms with van der Waals surface area (Å²) >= 11 is 0. The van der Waals surface area contributed by atoms with Gasteiger partial charge in [-0.3, -0.25) is 4.90 Å². The summed E-state index contributed by atoms with van der Waals surface area (Å²) in [4.78, 5) is 2.65. The summed E-state index contributed by atoms with van der Waals surface area (Å²) < 4.78 is 0. The van der Waals surface area contributed by atoms with Gasteiger partial charge in [0.2, 0.25) is 0 Å². The van der Waals surface area contributed by atoms with Crippen LogP contribution in [0, 0.1) is 19.8 Å². The largest absolute Gasteiger partial charge is 0.319 e. The lowest BCUT2D eigenvalue weighted by atomic mass is 9.94. The highest BCUT2D eigenvalue weighted by molar-refractivity contribution is 5.31. The van der Waals surface area contributed by atoms with Gasteiger partial charge in [0.1, 0.15) is 0 Å². The van der Waals surface area contributed by atoms with Gasteiger partial charge in [0, 0.05) is 12.6 Å². The molecule has 1 aliphatic heterocycles. The third-order valence-corrected chi connectivity index (χ3v) is 4.60. The third kappa shape index (κ3) is 3.58. The van der Waals surface area contributed by atoms with Gasteiger partial charge in [-0.2, -0.15) is 0 Å². The van der Waals surface area contributed by atoms with E-state index in [1.807, 2.05) is 0 Å². The van der Waals surface area contributed by atoms with E-state index in [1.165, 1.54) is 42.6 Å². The minimum atomic E-state index is 0.541. The zero-order chi connectivity index (χ0) is 13.8. The summed E-state index contributed by atoms with van der Waals surface area (Å²) in [6.07, 6.45) is 2.71. The number of hydrogen-bond acceptors (Lipinski definition) is 2. The van der Waals surface area contributed by atoms with Gasteiger partial charge < -0.3 is 5.32 Å². The van der Waals surface area contributed by atoms with Crippen LogP contribution in [-0.4, -0.2) is 31.6 Å². The molecule has 1 fully saturated rings. The number of nitrogens with zero attached hydrogens (tertiary/aromatic N) is 1. The smallest absolute Gasteiger partial charge is 0.0320 e. The Morgan fingerprint density at radius 3 is 2.79 bits per heavy atom. The first-order valence-corrected chi connectivity index (χ1v) is 7.57. The molecule has 2 atom stereocenters. The van der Waals surface area contributed by atoms with Gasteiger partial charge in [0.15, 0.2) is 0 Å². The number of rotatable bonds is 4. The Bertz CT molecular complexity index is 412. The fourth-order valence-electron chi connectivity index (χ4n) is 3.14. The van der Waals surface area contributed by atoms with Crippen LogP contribution in [0.5, 0.6) is 0 Å². The Labute approximate surface area is 118 Å². The summed E-state index contributed by atoms with van der Waals surface area (Å²) in [6, 6.07) is 7.46. The van der Waals surface area contributed by atoms with Crippen molar-refractivity contribution in [3.05, 3.63) is 34.9 Å². The van der Waals surface area contributed by atoms with E-state index in [0.717, 1.165) is 12.5 Å². The quantitative estimate of drug-likeness (QED) is 0.893. The zero-order valence-electron chi connectivity index (χ0n) is 12.9. The van der Waals surface area contributed by atoms with Gasteiger partial charge in [-0.25, -0.2) is 0 Å². The molecule has 1 aromatic rings. The maximum Gasteiger partial charge on any atom is 0.0320 e. The summed E-state index contributed by atoms with van der Waals surface area (Å²) in [5.41, 5.74) is 4.27. The molecule has 0 radical (unpaired) electrons. The molecule has 2 nitrogen and oxygen atoms in total. The molecule has 2 unspecified atom stereocenters. The van der Waals surface area contributed by atoms with Gasteiger partial charge in [-0.15, -0.1) is 0 Å². The fourth-order valence-corrected chi connectivity index (χ4v) is 3.14. The molecule has 0 amide bonds. The molecule has 1 heterocycles. The number of hydrogen-bond donors (Lipinski definition) is 1. The Hall–Kier alpha value is -0.860. The van der Waals surface area contributed by atoms with Gasteiger partial charge >= 0.3 is 0 Å². The lowest BCUT2D eigenvalue weighted by molar-refractivity contribution is 0.131.